The largest absolute Gasteiger partial charge is 0.385 e. The third kappa shape index (κ3) is 4.17. The Morgan fingerprint density at radius 3 is 2.75 bits per heavy atom. The normalized spacial score (nSPS) is 16.4. The third-order valence-electron chi connectivity index (χ3n) is 4.17. The SMILES string of the molecule is CCN(CC)c1ncc(CNCC2(CCOC)CC2)s1. The summed E-state index contributed by atoms with van der Waals surface area (Å²) in [6.45, 7) is 9.33. The number of methoxy groups -OCH3 is 1. The summed E-state index contributed by atoms with van der Waals surface area (Å²) in [5, 5.41) is 4.74. The molecule has 1 fully saturated rings. The van der Waals surface area contributed by atoms with E-state index in [1.165, 1.54) is 24.1 Å². The molecular formula is C15H27N3OS. The number of ether oxygens (including phenoxy) is 1. The maximum Gasteiger partial charge on any atom is 0.185 e. The second kappa shape index (κ2) is 7.38. The molecule has 20 heavy (non-hydrogen) atoms. The van der Waals surface area contributed by atoms with Crippen molar-refractivity contribution in [3.63, 3.8) is 0 Å². The van der Waals surface area contributed by atoms with E-state index in [0.717, 1.165) is 37.9 Å². The number of rotatable bonds is 10. The molecule has 1 aliphatic carbocycles. The molecule has 1 heterocycles. The smallest absolute Gasteiger partial charge is 0.185 e. The zero-order valence-electron chi connectivity index (χ0n) is 12.9. The van der Waals surface area contributed by atoms with Crippen LogP contribution in [0.3, 0.4) is 0 Å². The number of nitrogens with one attached hydrogen (secondary N) is 1. The fraction of sp³-hybridized carbons (Fsp3) is 0.800. The van der Waals surface area contributed by atoms with Gasteiger partial charge in [0.1, 0.15) is 0 Å². The summed E-state index contributed by atoms with van der Waals surface area (Å²) in [6.07, 6.45) is 5.89. The van der Waals surface area contributed by atoms with Crippen LogP contribution in [-0.4, -0.2) is 38.3 Å². The molecule has 0 saturated heterocycles. The van der Waals surface area contributed by atoms with Crippen LogP contribution in [0.5, 0.6) is 0 Å². The highest BCUT2D eigenvalue weighted by atomic mass is 32.1. The lowest BCUT2D eigenvalue weighted by Gasteiger charge is -2.16. The first kappa shape index (κ1) is 15.7. The summed E-state index contributed by atoms with van der Waals surface area (Å²) in [6, 6.07) is 0. The van der Waals surface area contributed by atoms with E-state index in [9.17, 15) is 0 Å². The number of aromatic nitrogens is 1. The van der Waals surface area contributed by atoms with Crippen molar-refractivity contribution < 1.29 is 4.74 Å². The molecule has 0 atom stereocenters. The molecule has 0 aromatic carbocycles. The molecule has 0 radical (unpaired) electrons. The molecule has 1 N–H and O–H groups in total. The average molecular weight is 297 g/mol. The van der Waals surface area contributed by atoms with Crippen LogP contribution < -0.4 is 10.2 Å². The van der Waals surface area contributed by atoms with Crippen molar-refractivity contribution in [2.24, 2.45) is 5.41 Å². The van der Waals surface area contributed by atoms with Gasteiger partial charge in [0.2, 0.25) is 0 Å². The minimum Gasteiger partial charge on any atom is -0.385 e. The van der Waals surface area contributed by atoms with Crippen molar-refractivity contribution in [3.05, 3.63) is 11.1 Å². The Balaban J connectivity index is 1.74. The standard InChI is InChI=1S/C15H27N3OS/c1-4-18(5-2)14-17-11-13(20-14)10-16-12-15(6-7-15)8-9-19-3/h11,16H,4-10,12H2,1-3H3. The summed E-state index contributed by atoms with van der Waals surface area (Å²) in [4.78, 5) is 8.15. The minimum absolute atomic E-state index is 0.516. The van der Waals surface area contributed by atoms with Crippen LogP contribution in [0.15, 0.2) is 6.20 Å². The van der Waals surface area contributed by atoms with Gasteiger partial charge in [0.25, 0.3) is 0 Å². The van der Waals surface area contributed by atoms with E-state index in [1.807, 2.05) is 6.20 Å². The molecule has 5 heteroatoms. The van der Waals surface area contributed by atoms with E-state index in [0.29, 0.717) is 5.41 Å². The maximum atomic E-state index is 5.20. The summed E-state index contributed by atoms with van der Waals surface area (Å²) in [7, 11) is 1.79. The Hall–Kier alpha value is -0.650. The minimum atomic E-state index is 0.516. The van der Waals surface area contributed by atoms with Crippen LogP contribution in [-0.2, 0) is 11.3 Å². The second-order valence-electron chi connectivity index (χ2n) is 5.63. The van der Waals surface area contributed by atoms with Gasteiger partial charge in [-0.3, -0.25) is 0 Å². The summed E-state index contributed by atoms with van der Waals surface area (Å²) < 4.78 is 5.20. The first-order valence-corrected chi connectivity index (χ1v) is 8.44. The molecular weight excluding hydrogens is 270 g/mol. The highest BCUT2D eigenvalue weighted by Gasteiger charge is 2.41. The number of thiazole rings is 1. The number of hydrogen-bond acceptors (Lipinski definition) is 5. The average Bonchev–Trinajstić information content (AvgIpc) is 3.08. The summed E-state index contributed by atoms with van der Waals surface area (Å²) >= 11 is 1.81. The van der Waals surface area contributed by atoms with Gasteiger partial charge < -0.3 is 15.0 Å². The Morgan fingerprint density at radius 1 is 1.40 bits per heavy atom. The molecule has 1 aromatic rings. The third-order valence-corrected chi connectivity index (χ3v) is 5.23. The lowest BCUT2D eigenvalue weighted by atomic mass is 10.0. The highest BCUT2D eigenvalue weighted by molar-refractivity contribution is 7.15. The Bertz CT molecular complexity index is 400. The van der Waals surface area contributed by atoms with Crippen molar-refractivity contribution in [1.29, 1.82) is 0 Å². The number of hydrogen-bond donors (Lipinski definition) is 1. The summed E-state index contributed by atoms with van der Waals surface area (Å²) in [5.74, 6) is 0. The van der Waals surface area contributed by atoms with Gasteiger partial charge in [-0.1, -0.05) is 0 Å². The Kier molecular flexibility index (Phi) is 5.81. The molecule has 1 aromatic heterocycles. The Morgan fingerprint density at radius 2 is 2.15 bits per heavy atom. The zero-order chi connectivity index (χ0) is 14.4. The van der Waals surface area contributed by atoms with Crippen LogP contribution in [0.1, 0.15) is 38.0 Å². The molecule has 0 aliphatic heterocycles. The van der Waals surface area contributed by atoms with Crippen molar-refractivity contribution in [1.82, 2.24) is 10.3 Å². The van der Waals surface area contributed by atoms with Gasteiger partial charge in [0.05, 0.1) is 0 Å². The maximum absolute atomic E-state index is 5.20. The van der Waals surface area contributed by atoms with Crippen molar-refractivity contribution >= 4 is 16.5 Å². The Labute approximate surface area is 126 Å². The van der Waals surface area contributed by atoms with Gasteiger partial charge in [-0.05, 0) is 38.5 Å². The van der Waals surface area contributed by atoms with E-state index in [1.54, 1.807) is 18.4 Å². The van der Waals surface area contributed by atoms with Gasteiger partial charge in [0.15, 0.2) is 5.13 Å². The van der Waals surface area contributed by atoms with Crippen LogP contribution in [0, 0.1) is 5.41 Å². The monoisotopic (exact) mass is 297 g/mol. The molecule has 0 unspecified atom stereocenters. The van der Waals surface area contributed by atoms with Gasteiger partial charge in [-0.15, -0.1) is 11.3 Å². The predicted molar refractivity (Wildman–Crippen MR) is 85.5 cm³/mol. The van der Waals surface area contributed by atoms with Gasteiger partial charge in [0, 0.05) is 51.0 Å². The van der Waals surface area contributed by atoms with Crippen LogP contribution in [0.2, 0.25) is 0 Å². The molecule has 0 bridgehead atoms. The second-order valence-corrected chi connectivity index (χ2v) is 6.72. The van der Waals surface area contributed by atoms with E-state index < -0.39 is 0 Å². The topological polar surface area (TPSA) is 37.4 Å². The van der Waals surface area contributed by atoms with E-state index in [4.69, 9.17) is 4.74 Å². The first-order valence-electron chi connectivity index (χ1n) is 7.62. The molecule has 114 valence electrons. The molecule has 4 nitrogen and oxygen atoms in total. The summed E-state index contributed by atoms with van der Waals surface area (Å²) in [5.41, 5.74) is 0.516. The van der Waals surface area contributed by atoms with Crippen molar-refractivity contribution in [2.75, 3.05) is 38.3 Å². The first-order chi connectivity index (χ1) is 9.73. The fourth-order valence-electron chi connectivity index (χ4n) is 2.48. The van der Waals surface area contributed by atoms with Crippen LogP contribution in [0.4, 0.5) is 5.13 Å². The van der Waals surface area contributed by atoms with E-state index >= 15 is 0 Å². The number of anilines is 1. The predicted octanol–water partition coefficient (Wildman–Crippen LogP) is 2.90. The van der Waals surface area contributed by atoms with Gasteiger partial charge >= 0.3 is 0 Å². The molecule has 1 saturated carbocycles. The van der Waals surface area contributed by atoms with E-state index in [-0.39, 0.29) is 0 Å². The fourth-order valence-corrected chi connectivity index (χ4v) is 3.49. The zero-order valence-corrected chi connectivity index (χ0v) is 13.8. The van der Waals surface area contributed by atoms with E-state index in [2.05, 4.69) is 29.0 Å². The number of nitrogens with zero attached hydrogens (tertiary/aromatic N) is 2. The lowest BCUT2D eigenvalue weighted by Crippen LogP contribution is -2.24. The highest BCUT2D eigenvalue weighted by Crippen LogP contribution is 2.48. The van der Waals surface area contributed by atoms with Crippen molar-refractivity contribution in [2.45, 2.75) is 39.7 Å². The van der Waals surface area contributed by atoms with Crippen molar-refractivity contribution in [3.8, 4) is 0 Å². The molecule has 2 rings (SSSR count). The molecule has 0 spiro atoms. The van der Waals surface area contributed by atoms with Gasteiger partial charge in [-0.2, -0.15) is 0 Å². The van der Waals surface area contributed by atoms with Gasteiger partial charge in [-0.25, -0.2) is 4.98 Å². The molecule has 1 aliphatic rings. The molecule has 0 amide bonds. The van der Waals surface area contributed by atoms with Crippen LogP contribution >= 0.6 is 11.3 Å². The van der Waals surface area contributed by atoms with Crippen LogP contribution in [0.25, 0.3) is 0 Å². The quantitative estimate of drug-likeness (QED) is 0.720. The lowest BCUT2D eigenvalue weighted by molar-refractivity contribution is 0.171.